The van der Waals surface area contributed by atoms with Crippen molar-refractivity contribution in [3.8, 4) is 0 Å². The second-order valence-corrected chi connectivity index (χ2v) is 6.25. The lowest BCUT2D eigenvalue weighted by Crippen LogP contribution is -2.24. The third kappa shape index (κ3) is 4.65. The van der Waals surface area contributed by atoms with Gasteiger partial charge >= 0.3 is 0 Å². The Morgan fingerprint density at radius 1 is 1.14 bits per heavy atom. The number of halogens is 2. The van der Waals surface area contributed by atoms with Gasteiger partial charge in [0.2, 0.25) is 0 Å². The van der Waals surface area contributed by atoms with Crippen molar-refractivity contribution < 1.29 is 4.39 Å². The second kappa shape index (κ2) is 7.71. The third-order valence-corrected chi connectivity index (χ3v) is 4.17. The molecule has 2 aromatic rings. The Kier molecular flexibility index (Phi) is 5.95. The lowest BCUT2D eigenvalue weighted by molar-refractivity contribution is 0.527. The fourth-order valence-electron chi connectivity index (χ4n) is 2.43. The van der Waals surface area contributed by atoms with E-state index in [-0.39, 0.29) is 11.9 Å². The number of rotatable bonds is 6. The van der Waals surface area contributed by atoms with Gasteiger partial charge in [0.25, 0.3) is 0 Å². The van der Waals surface area contributed by atoms with E-state index in [4.69, 9.17) is 0 Å². The molecule has 0 aromatic heterocycles. The van der Waals surface area contributed by atoms with Crippen LogP contribution < -0.4 is 5.32 Å². The van der Waals surface area contributed by atoms with Gasteiger partial charge in [-0.25, -0.2) is 4.39 Å². The first kappa shape index (κ1) is 16.2. The van der Waals surface area contributed by atoms with E-state index in [0.717, 1.165) is 29.4 Å². The summed E-state index contributed by atoms with van der Waals surface area (Å²) in [7, 11) is 0. The van der Waals surface area contributed by atoms with Gasteiger partial charge in [-0.2, -0.15) is 0 Å². The summed E-state index contributed by atoms with van der Waals surface area (Å²) < 4.78 is 14.3. The highest BCUT2D eigenvalue weighted by Gasteiger charge is 2.13. The molecule has 1 atom stereocenters. The van der Waals surface area contributed by atoms with Crippen LogP contribution in [0.3, 0.4) is 0 Å². The Bertz CT molecular complexity index is 580. The molecule has 0 fully saturated rings. The standard InChI is InChI=1S/C18H21BrFN/c1-3-10-21-18(14-4-7-16(19)8-5-14)12-15-6-9-17(20)11-13(15)2/h4-9,11,18,21H,3,10,12H2,1-2H3. The molecule has 0 saturated heterocycles. The Hall–Kier alpha value is -1.19. The molecule has 2 aromatic carbocycles. The summed E-state index contributed by atoms with van der Waals surface area (Å²) in [5.74, 6) is -0.169. The average Bonchev–Trinajstić information content (AvgIpc) is 2.46. The summed E-state index contributed by atoms with van der Waals surface area (Å²) in [5.41, 5.74) is 3.46. The monoisotopic (exact) mass is 349 g/mol. The minimum Gasteiger partial charge on any atom is -0.310 e. The molecule has 21 heavy (non-hydrogen) atoms. The van der Waals surface area contributed by atoms with E-state index in [9.17, 15) is 4.39 Å². The topological polar surface area (TPSA) is 12.0 Å². The van der Waals surface area contributed by atoms with Gasteiger partial charge in [-0.3, -0.25) is 0 Å². The predicted molar refractivity (Wildman–Crippen MR) is 90.0 cm³/mol. The molecule has 0 bridgehead atoms. The van der Waals surface area contributed by atoms with Crippen molar-refractivity contribution in [1.82, 2.24) is 5.32 Å². The van der Waals surface area contributed by atoms with Crippen LogP contribution in [0.5, 0.6) is 0 Å². The quantitative estimate of drug-likeness (QED) is 0.757. The van der Waals surface area contributed by atoms with Crippen LogP contribution in [0.15, 0.2) is 46.9 Å². The van der Waals surface area contributed by atoms with E-state index >= 15 is 0 Å². The van der Waals surface area contributed by atoms with E-state index in [1.165, 1.54) is 11.1 Å². The third-order valence-electron chi connectivity index (χ3n) is 3.64. The summed E-state index contributed by atoms with van der Waals surface area (Å²) in [5, 5.41) is 3.59. The highest BCUT2D eigenvalue weighted by molar-refractivity contribution is 9.10. The molecule has 0 spiro atoms. The number of nitrogens with one attached hydrogen (secondary N) is 1. The summed E-state index contributed by atoms with van der Waals surface area (Å²) in [6.07, 6.45) is 1.96. The molecule has 0 amide bonds. The Balaban J connectivity index is 2.21. The van der Waals surface area contributed by atoms with E-state index in [1.54, 1.807) is 12.1 Å². The van der Waals surface area contributed by atoms with Gasteiger partial charge in [-0.15, -0.1) is 0 Å². The van der Waals surface area contributed by atoms with Crippen molar-refractivity contribution in [2.24, 2.45) is 0 Å². The second-order valence-electron chi connectivity index (χ2n) is 5.33. The van der Waals surface area contributed by atoms with Crippen molar-refractivity contribution in [1.29, 1.82) is 0 Å². The SMILES string of the molecule is CCCNC(Cc1ccc(F)cc1C)c1ccc(Br)cc1. The fraction of sp³-hybridized carbons (Fsp3) is 0.333. The van der Waals surface area contributed by atoms with Gasteiger partial charge in [0, 0.05) is 10.5 Å². The molecule has 1 unspecified atom stereocenters. The highest BCUT2D eigenvalue weighted by atomic mass is 79.9. The molecule has 0 saturated carbocycles. The lowest BCUT2D eigenvalue weighted by atomic mass is 9.96. The maximum atomic E-state index is 13.2. The summed E-state index contributed by atoms with van der Waals surface area (Å²) in [6, 6.07) is 13.7. The highest BCUT2D eigenvalue weighted by Crippen LogP contribution is 2.23. The predicted octanol–water partition coefficient (Wildman–Crippen LogP) is 5.18. The van der Waals surface area contributed by atoms with Crippen LogP contribution in [0.2, 0.25) is 0 Å². The summed E-state index contributed by atoms with van der Waals surface area (Å²) in [4.78, 5) is 0. The first-order chi connectivity index (χ1) is 10.1. The van der Waals surface area contributed by atoms with E-state index in [1.807, 2.05) is 13.0 Å². The molecule has 112 valence electrons. The summed E-state index contributed by atoms with van der Waals surface area (Å²) in [6.45, 7) is 5.10. The smallest absolute Gasteiger partial charge is 0.123 e. The number of aryl methyl sites for hydroxylation is 1. The molecular formula is C18H21BrFN. The molecule has 1 N–H and O–H groups in total. The zero-order valence-corrected chi connectivity index (χ0v) is 14.1. The van der Waals surface area contributed by atoms with Crippen molar-refractivity contribution in [3.05, 3.63) is 69.4 Å². The molecule has 0 heterocycles. The van der Waals surface area contributed by atoms with Crippen molar-refractivity contribution in [2.45, 2.75) is 32.7 Å². The normalized spacial score (nSPS) is 12.4. The van der Waals surface area contributed by atoms with Crippen LogP contribution in [0, 0.1) is 12.7 Å². The zero-order valence-electron chi connectivity index (χ0n) is 12.5. The first-order valence-corrected chi connectivity index (χ1v) is 8.13. The Morgan fingerprint density at radius 2 is 1.86 bits per heavy atom. The molecule has 3 heteroatoms. The van der Waals surface area contributed by atoms with Crippen LogP contribution in [-0.2, 0) is 6.42 Å². The maximum absolute atomic E-state index is 13.2. The van der Waals surface area contributed by atoms with Crippen molar-refractivity contribution >= 4 is 15.9 Å². The van der Waals surface area contributed by atoms with Crippen LogP contribution in [0.25, 0.3) is 0 Å². The van der Waals surface area contributed by atoms with Gasteiger partial charge < -0.3 is 5.32 Å². The molecule has 2 rings (SSSR count). The zero-order chi connectivity index (χ0) is 15.2. The van der Waals surface area contributed by atoms with Gasteiger partial charge in [0.05, 0.1) is 0 Å². The van der Waals surface area contributed by atoms with Crippen LogP contribution in [0.4, 0.5) is 4.39 Å². The van der Waals surface area contributed by atoms with Gasteiger partial charge in [-0.1, -0.05) is 41.1 Å². The maximum Gasteiger partial charge on any atom is 0.123 e. The van der Waals surface area contributed by atoms with E-state index in [2.05, 4.69) is 52.4 Å². The minimum atomic E-state index is -0.169. The van der Waals surface area contributed by atoms with Crippen LogP contribution in [0.1, 0.15) is 36.1 Å². The Labute approximate surface area is 134 Å². The van der Waals surface area contributed by atoms with Gasteiger partial charge in [-0.05, 0) is 67.3 Å². The van der Waals surface area contributed by atoms with E-state index in [0.29, 0.717) is 0 Å². The molecule has 0 radical (unpaired) electrons. The lowest BCUT2D eigenvalue weighted by Gasteiger charge is -2.20. The van der Waals surface area contributed by atoms with Gasteiger partial charge in [0.1, 0.15) is 5.82 Å². The average molecular weight is 350 g/mol. The molecule has 0 aliphatic heterocycles. The van der Waals surface area contributed by atoms with E-state index < -0.39 is 0 Å². The Morgan fingerprint density at radius 3 is 2.48 bits per heavy atom. The number of benzene rings is 2. The molecule has 1 nitrogen and oxygen atoms in total. The van der Waals surface area contributed by atoms with Crippen LogP contribution >= 0.6 is 15.9 Å². The molecule has 0 aliphatic rings. The molecule has 0 aliphatic carbocycles. The van der Waals surface area contributed by atoms with Crippen LogP contribution in [-0.4, -0.2) is 6.54 Å². The van der Waals surface area contributed by atoms with Crippen molar-refractivity contribution in [3.63, 3.8) is 0 Å². The minimum absolute atomic E-state index is 0.169. The van der Waals surface area contributed by atoms with Crippen molar-refractivity contribution in [2.75, 3.05) is 6.54 Å². The molecular weight excluding hydrogens is 329 g/mol. The fourth-order valence-corrected chi connectivity index (χ4v) is 2.69. The summed E-state index contributed by atoms with van der Waals surface area (Å²) >= 11 is 3.47. The van der Waals surface area contributed by atoms with Gasteiger partial charge in [0.15, 0.2) is 0 Å². The number of hydrogen-bond acceptors (Lipinski definition) is 1. The largest absolute Gasteiger partial charge is 0.310 e. The number of hydrogen-bond donors (Lipinski definition) is 1. The first-order valence-electron chi connectivity index (χ1n) is 7.34.